The summed E-state index contributed by atoms with van der Waals surface area (Å²) in [6.07, 6.45) is 0. The summed E-state index contributed by atoms with van der Waals surface area (Å²) < 4.78 is 33.5. The van der Waals surface area contributed by atoms with Crippen LogP contribution in [0.15, 0.2) is 48.5 Å². The number of hydrogen-bond acceptors (Lipinski definition) is 3. The molecule has 0 aliphatic rings. The van der Waals surface area contributed by atoms with Crippen molar-refractivity contribution in [2.45, 2.75) is 13.5 Å². The molecule has 2 rings (SSSR count). The fraction of sp³-hybridized carbons (Fsp3) is 0.143. The average Bonchev–Trinajstić information content (AvgIpc) is 2.38. The molecule has 0 aromatic heterocycles. The van der Waals surface area contributed by atoms with E-state index in [9.17, 15) is 18.1 Å². The zero-order valence-corrected chi connectivity index (χ0v) is 11.7. The summed E-state index contributed by atoms with van der Waals surface area (Å²) in [7, 11) is -4.38. The van der Waals surface area contributed by atoms with Gasteiger partial charge in [0.05, 0.1) is 12.2 Å². The van der Waals surface area contributed by atoms with Gasteiger partial charge in [-0.15, -0.1) is 0 Å². The van der Waals surface area contributed by atoms with Crippen molar-refractivity contribution < 1.29 is 18.1 Å². The number of rotatable bonds is 4. The van der Waals surface area contributed by atoms with Gasteiger partial charge in [-0.25, -0.2) is 4.31 Å². The van der Waals surface area contributed by atoms with E-state index in [0.717, 1.165) is 9.87 Å². The number of para-hydroxylation sites is 1. The second-order valence-electron chi connectivity index (χ2n) is 4.44. The first-order chi connectivity index (χ1) is 9.38. The van der Waals surface area contributed by atoms with Crippen LogP contribution in [0.4, 0.5) is 5.69 Å². The Labute approximate surface area is 118 Å². The van der Waals surface area contributed by atoms with Gasteiger partial charge in [0.15, 0.2) is 0 Å². The molecule has 5 nitrogen and oxygen atoms in total. The van der Waals surface area contributed by atoms with Crippen LogP contribution in [0, 0.1) is 6.92 Å². The van der Waals surface area contributed by atoms with Crippen molar-refractivity contribution in [2.24, 2.45) is 0 Å². The molecule has 0 heterocycles. The molecule has 0 saturated heterocycles. The molecule has 2 N–H and O–H groups in total. The molecule has 0 fully saturated rings. The summed E-state index contributed by atoms with van der Waals surface area (Å²) in [5, 5.41) is 9.23. The molecule has 0 spiro atoms. The molecule has 0 unspecified atom stereocenters. The van der Waals surface area contributed by atoms with E-state index in [1.54, 1.807) is 43.3 Å². The van der Waals surface area contributed by atoms with Crippen LogP contribution < -0.4 is 4.31 Å². The summed E-state index contributed by atoms with van der Waals surface area (Å²) in [5.74, 6) is 0.100. The number of aryl methyl sites for hydroxylation is 1. The van der Waals surface area contributed by atoms with Crippen molar-refractivity contribution in [3.63, 3.8) is 0 Å². The molecule has 0 atom stereocenters. The molecule has 2 aromatic rings. The normalized spacial score (nSPS) is 11.3. The van der Waals surface area contributed by atoms with Gasteiger partial charge in [0.25, 0.3) is 0 Å². The third kappa shape index (κ3) is 3.28. The highest BCUT2D eigenvalue weighted by Gasteiger charge is 2.21. The fourth-order valence-corrected chi connectivity index (χ4v) is 2.67. The van der Waals surface area contributed by atoms with Crippen molar-refractivity contribution in [1.82, 2.24) is 0 Å². The van der Waals surface area contributed by atoms with Gasteiger partial charge in [-0.2, -0.15) is 8.42 Å². The zero-order valence-electron chi connectivity index (χ0n) is 10.9. The van der Waals surface area contributed by atoms with Crippen LogP contribution in [0.5, 0.6) is 5.75 Å². The lowest BCUT2D eigenvalue weighted by atomic mass is 10.1. The number of benzene rings is 2. The van der Waals surface area contributed by atoms with Gasteiger partial charge in [0, 0.05) is 0 Å². The third-order valence-electron chi connectivity index (χ3n) is 2.93. The van der Waals surface area contributed by atoms with E-state index in [1.165, 1.54) is 12.1 Å². The standard InChI is InChI=1S/C14H15NO4S/c1-11-4-2-3-5-14(11)15(20(17,18)19)10-12-6-8-13(16)9-7-12/h2-9,16H,10H2,1H3,(H,17,18,19). The molecule has 0 aliphatic carbocycles. The molecule has 0 saturated carbocycles. The quantitative estimate of drug-likeness (QED) is 0.849. The van der Waals surface area contributed by atoms with Gasteiger partial charge < -0.3 is 5.11 Å². The van der Waals surface area contributed by atoms with Gasteiger partial charge in [0.1, 0.15) is 5.75 Å². The van der Waals surface area contributed by atoms with E-state index in [-0.39, 0.29) is 12.3 Å². The van der Waals surface area contributed by atoms with Gasteiger partial charge >= 0.3 is 10.3 Å². The van der Waals surface area contributed by atoms with E-state index in [4.69, 9.17) is 0 Å². The Hall–Kier alpha value is -2.05. The Morgan fingerprint density at radius 1 is 1.05 bits per heavy atom. The number of aromatic hydroxyl groups is 1. The Bertz CT molecular complexity index is 695. The van der Waals surface area contributed by atoms with Crippen LogP contribution in [0.25, 0.3) is 0 Å². The van der Waals surface area contributed by atoms with Crippen LogP contribution >= 0.6 is 0 Å². The summed E-state index contributed by atoms with van der Waals surface area (Å²) in [4.78, 5) is 0. The lowest BCUT2D eigenvalue weighted by Gasteiger charge is -2.22. The topological polar surface area (TPSA) is 77.8 Å². The van der Waals surface area contributed by atoms with Gasteiger partial charge in [-0.1, -0.05) is 30.3 Å². The van der Waals surface area contributed by atoms with Gasteiger partial charge in [-0.05, 0) is 36.2 Å². The Kier molecular flexibility index (Phi) is 3.96. The Balaban J connectivity index is 2.40. The first-order valence-corrected chi connectivity index (χ1v) is 7.36. The van der Waals surface area contributed by atoms with Crippen molar-refractivity contribution in [3.05, 3.63) is 59.7 Å². The van der Waals surface area contributed by atoms with Crippen molar-refractivity contribution in [3.8, 4) is 5.75 Å². The van der Waals surface area contributed by atoms with E-state index in [2.05, 4.69) is 0 Å². The molecular weight excluding hydrogens is 278 g/mol. The van der Waals surface area contributed by atoms with Crippen molar-refractivity contribution in [2.75, 3.05) is 4.31 Å². The number of hydrogen-bond donors (Lipinski definition) is 2. The second-order valence-corrected chi connectivity index (χ2v) is 5.77. The zero-order chi connectivity index (χ0) is 14.8. The molecule has 106 valence electrons. The predicted octanol–water partition coefficient (Wildman–Crippen LogP) is 2.51. The minimum atomic E-state index is -4.38. The molecule has 20 heavy (non-hydrogen) atoms. The lowest BCUT2D eigenvalue weighted by Crippen LogP contribution is -2.30. The second kappa shape index (κ2) is 5.52. The summed E-state index contributed by atoms with van der Waals surface area (Å²) in [5.41, 5.74) is 1.82. The minimum Gasteiger partial charge on any atom is -0.508 e. The van der Waals surface area contributed by atoms with E-state index in [1.807, 2.05) is 0 Å². The van der Waals surface area contributed by atoms with Crippen molar-refractivity contribution in [1.29, 1.82) is 0 Å². The molecule has 2 aromatic carbocycles. The number of nitrogens with zero attached hydrogens (tertiary/aromatic N) is 1. The highest BCUT2D eigenvalue weighted by atomic mass is 32.2. The van der Waals surface area contributed by atoms with E-state index >= 15 is 0 Å². The average molecular weight is 293 g/mol. The lowest BCUT2D eigenvalue weighted by molar-refractivity contribution is 0.475. The monoisotopic (exact) mass is 293 g/mol. The molecule has 0 bridgehead atoms. The van der Waals surface area contributed by atoms with Gasteiger partial charge in [0.2, 0.25) is 0 Å². The molecule has 0 aliphatic heterocycles. The van der Waals surface area contributed by atoms with E-state index < -0.39 is 10.3 Å². The fourth-order valence-electron chi connectivity index (χ4n) is 1.90. The van der Waals surface area contributed by atoms with Crippen LogP contribution in [-0.2, 0) is 16.8 Å². The minimum absolute atomic E-state index is 0.00995. The predicted molar refractivity (Wildman–Crippen MR) is 77.0 cm³/mol. The third-order valence-corrected chi connectivity index (χ3v) is 3.81. The van der Waals surface area contributed by atoms with Crippen LogP contribution in [-0.4, -0.2) is 18.1 Å². The highest BCUT2D eigenvalue weighted by molar-refractivity contribution is 7.87. The first kappa shape index (κ1) is 14.4. The Morgan fingerprint density at radius 3 is 2.20 bits per heavy atom. The molecule has 0 radical (unpaired) electrons. The summed E-state index contributed by atoms with van der Waals surface area (Å²) in [6.45, 7) is 1.76. The number of phenolic OH excluding ortho intramolecular Hbond substituents is 1. The summed E-state index contributed by atoms with van der Waals surface area (Å²) >= 11 is 0. The largest absolute Gasteiger partial charge is 0.508 e. The maximum atomic E-state index is 11.6. The van der Waals surface area contributed by atoms with Crippen LogP contribution in [0.1, 0.15) is 11.1 Å². The SMILES string of the molecule is Cc1ccccc1N(Cc1ccc(O)cc1)S(=O)(=O)O. The maximum absolute atomic E-state index is 11.6. The van der Waals surface area contributed by atoms with E-state index in [0.29, 0.717) is 11.3 Å². The number of phenols is 1. The highest BCUT2D eigenvalue weighted by Crippen LogP contribution is 2.24. The maximum Gasteiger partial charge on any atom is 0.360 e. The molecular formula is C14H15NO4S. The Morgan fingerprint density at radius 2 is 1.65 bits per heavy atom. The van der Waals surface area contributed by atoms with Crippen LogP contribution in [0.2, 0.25) is 0 Å². The van der Waals surface area contributed by atoms with Crippen molar-refractivity contribution >= 4 is 16.0 Å². The molecule has 6 heteroatoms. The van der Waals surface area contributed by atoms with Crippen LogP contribution in [0.3, 0.4) is 0 Å². The summed E-state index contributed by atoms with van der Waals surface area (Å²) in [6, 6.07) is 13.0. The molecule has 0 amide bonds. The van der Waals surface area contributed by atoms with Gasteiger partial charge in [-0.3, -0.25) is 4.55 Å². The smallest absolute Gasteiger partial charge is 0.360 e. The first-order valence-electron chi connectivity index (χ1n) is 5.96. The number of anilines is 1.